The van der Waals surface area contributed by atoms with Gasteiger partial charge < -0.3 is 9.47 Å². The molecule has 0 saturated carbocycles. The number of hydrogen-bond donors (Lipinski definition) is 0. The van der Waals surface area contributed by atoms with Crippen molar-refractivity contribution in [1.82, 2.24) is 4.90 Å². The van der Waals surface area contributed by atoms with Crippen molar-refractivity contribution in [3.8, 4) is 0 Å². The zero-order chi connectivity index (χ0) is 20.6. The lowest BCUT2D eigenvalue weighted by atomic mass is 9.97. The lowest BCUT2D eigenvalue weighted by molar-refractivity contribution is -0.152. The van der Waals surface area contributed by atoms with Gasteiger partial charge in [0.05, 0.1) is 6.61 Å². The van der Waals surface area contributed by atoms with Crippen LogP contribution in [0.2, 0.25) is 0 Å². The summed E-state index contributed by atoms with van der Waals surface area (Å²) in [7, 11) is 0. The summed E-state index contributed by atoms with van der Waals surface area (Å²) >= 11 is 0. The molecule has 4 heteroatoms. The SMILES string of the molecule is CC(=O)O[C@@H](COC(c1ccccc1)c1ccccc1)CN1[C@H](C)CCC[C@@H]1C. The summed E-state index contributed by atoms with van der Waals surface area (Å²) in [6.45, 7) is 7.07. The third-order valence-corrected chi connectivity index (χ3v) is 5.78. The van der Waals surface area contributed by atoms with Crippen molar-refractivity contribution in [2.45, 2.75) is 64.3 Å². The lowest BCUT2D eigenvalue weighted by Crippen LogP contribution is -2.49. The van der Waals surface area contributed by atoms with E-state index in [4.69, 9.17) is 9.47 Å². The van der Waals surface area contributed by atoms with E-state index in [-0.39, 0.29) is 18.2 Å². The van der Waals surface area contributed by atoms with Crippen molar-refractivity contribution < 1.29 is 14.3 Å². The van der Waals surface area contributed by atoms with Crippen LogP contribution in [0.15, 0.2) is 60.7 Å². The molecule has 1 heterocycles. The number of benzene rings is 2. The Kier molecular flexibility index (Phi) is 7.84. The van der Waals surface area contributed by atoms with Crippen LogP contribution in [0.3, 0.4) is 0 Å². The van der Waals surface area contributed by atoms with Crippen LogP contribution in [0.1, 0.15) is 57.3 Å². The zero-order valence-corrected chi connectivity index (χ0v) is 17.8. The van der Waals surface area contributed by atoms with Gasteiger partial charge in [0.25, 0.3) is 0 Å². The number of piperidine rings is 1. The fourth-order valence-electron chi connectivity index (χ4n) is 4.27. The molecule has 29 heavy (non-hydrogen) atoms. The van der Waals surface area contributed by atoms with Gasteiger partial charge in [-0.3, -0.25) is 9.69 Å². The maximum Gasteiger partial charge on any atom is 0.303 e. The molecule has 0 unspecified atom stereocenters. The van der Waals surface area contributed by atoms with E-state index in [1.165, 1.54) is 26.2 Å². The smallest absolute Gasteiger partial charge is 0.303 e. The third-order valence-electron chi connectivity index (χ3n) is 5.78. The van der Waals surface area contributed by atoms with Gasteiger partial charge in [-0.25, -0.2) is 0 Å². The molecule has 0 aliphatic carbocycles. The summed E-state index contributed by atoms with van der Waals surface area (Å²) in [6.07, 6.45) is 3.16. The van der Waals surface area contributed by atoms with E-state index >= 15 is 0 Å². The first kappa shape index (κ1) is 21.5. The highest BCUT2D eigenvalue weighted by atomic mass is 16.6. The second-order valence-electron chi connectivity index (χ2n) is 8.09. The highest BCUT2D eigenvalue weighted by Gasteiger charge is 2.29. The number of esters is 1. The number of likely N-dealkylation sites (tertiary alicyclic amines) is 1. The van der Waals surface area contributed by atoms with Gasteiger partial charge >= 0.3 is 5.97 Å². The van der Waals surface area contributed by atoms with Crippen molar-refractivity contribution in [2.24, 2.45) is 0 Å². The lowest BCUT2D eigenvalue weighted by Gasteiger charge is -2.40. The molecule has 1 saturated heterocycles. The first-order valence-electron chi connectivity index (χ1n) is 10.7. The fraction of sp³-hybridized carbons (Fsp3) is 0.480. The first-order chi connectivity index (χ1) is 14.0. The van der Waals surface area contributed by atoms with Crippen molar-refractivity contribution >= 4 is 5.97 Å². The molecule has 3 atom stereocenters. The van der Waals surface area contributed by atoms with E-state index in [2.05, 4.69) is 43.0 Å². The van der Waals surface area contributed by atoms with Crippen LogP contribution >= 0.6 is 0 Å². The van der Waals surface area contributed by atoms with Gasteiger partial charge in [-0.05, 0) is 37.8 Å². The maximum atomic E-state index is 11.7. The van der Waals surface area contributed by atoms with Crippen molar-refractivity contribution in [3.63, 3.8) is 0 Å². The maximum absolute atomic E-state index is 11.7. The Morgan fingerprint density at radius 3 is 1.97 bits per heavy atom. The molecule has 0 radical (unpaired) electrons. The van der Waals surface area contributed by atoms with E-state index in [1.807, 2.05) is 36.4 Å². The molecule has 2 aromatic rings. The molecule has 0 aromatic heterocycles. The van der Waals surface area contributed by atoms with Crippen LogP contribution in [-0.4, -0.2) is 42.2 Å². The Morgan fingerprint density at radius 2 is 1.48 bits per heavy atom. The number of hydrogen-bond acceptors (Lipinski definition) is 4. The molecular weight excluding hydrogens is 362 g/mol. The standard InChI is InChI=1S/C25H33NO3/c1-19-11-10-12-20(2)26(19)17-24(29-21(3)27)18-28-25(22-13-6-4-7-14-22)23-15-8-5-9-16-23/h4-9,13-16,19-20,24-25H,10-12,17-18H2,1-3H3/t19-,20+,24-/m1/s1. The largest absolute Gasteiger partial charge is 0.459 e. The van der Waals surface area contributed by atoms with E-state index < -0.39 is 0 Å². The molecule has 4 nitrogen and oxygen atoms in total. The number of carbonyl (C=O) groups excluding carboxylic acids is 1. The molecule has 2 aromatic carbocycles. The monoisotopic (exact) mass is 395 g/mol. The second kappa shape index (κ2) is 10.6. The predicted molar refractivity (Wildman–Crippen MR) is 116 cm³/mol. The molecule has 0 bridgehead atoms. The van der Waals surface area contributed by atoms with E-state index in [1.54, 1.807) is 0 Å². The van der Waals surface area contributed by atoms with E-state index in [0.29, 0.717) is 25.2 Å². The number of carbonyl (C=O) groups is 1. The highest BCUT2D eigenvalue weighted by Crippen LogP contribution is 2.27. The number of ether oxygens (including phenoxy) is 2. The normalized spacial score (nSPS) is 21.1. The average molecular weight is 396 g/mol. The Morgan fingerprint density at radius 1 is 0.966 bits per heavy atom. The molecular formula is C25H33NO3. The molecule has 1 aliphatic rings. The summed E-state index contributed by atoms with van der Waals surface area (Å²) in [6, 6.07) is 21.4. The van der Waals surface area contributed by atoms with Crippen LogP contribution in [0.25, 0.3) is 0 Å². The first-order valence-corrected chi connectivity index (χ1v) is 10.7. The molecule has 156 valence electrons. The Balaban J connectivity index is 1.74. The van der Waals surface area contributed by atoms with Gasteiger partial charge in [0.2, 0.25) is 0 Å². The summed E-state index contributed by atoms with van der Waals surface area (Å²) in [4.78, 5) is 14.2. The minimum atomic E-state index is -0.287. The van der Waals surface area contributed by atoms with Gasteiger partial charge in [0, 0.05) is 25.6 Å². The van der Waals surface area contributed by atoms with Crippen LogP contribution in [0.4, 0.5) is 0 Å². The molecule has 1 aliphatic heterocycles. The molecule has 0 spiro atoms. The van der Waals surface area contributed by atoms with E-state index in [0.717, 1.165) is 11.1 Å². The molecule has 0 N–H and O–H groups in total. The highest BCUT2D eigenvalue weighted by molar-refractivity contribution is 5.66. The average Bonchev–Trinajstić information content (AvgIpc) is 2.72. The quantitative estimate of drug-likeness (QED) is 0.591. The Hall–Kier alpha value is -2.17. The van der Waals surface area contributed by atoms with Gasteiger partial charge in [-0.1, -0.05) is 67.1 Å². The van der Waals surface area contributed by atoms with E-state index in [9.17, 15) is 4.79 Å². The summed E-state index contributed by atoms with van der Waals surface area (Å²) in [5.41, 5.74) is 2.19. The van der Waals surface area contributed by atoms with Gasteiger partial charge in [-0.2, -0.15) is 0 Å². The van der Waals surface area contributed by atoms with Gasteiger partial charge in [0.1, 0.15) is 12.2 Å². The third kappa shape index (κ3) is 6.15. The van der Waals surface area contributed by atoms with Crippen molar-refractivity contribution in [1.29, 1.82) is 0 Å². The summed E-state index contributed by atoms with van der Waals surface area (Å²) < 4.78 is 12.1. The van der Waals surface area contributed by atoms with Gasteiger partial charge in [0.15, 0.2) is 0 Å². The van der Waals surface area contributed by atoms with Crippen LogP contribution in [-0.2, 0) is 14.3 Å². The van der Waals surface area contributed by atoms with Crippen LogP contribution < -0.4 is 0 Å². The topological polar surface area (TPSA) is 38.8 Å². The van der Waals surface area contributed by atoms with Crippen molar-refractivity contribution in [3.05, 3.63) is 71.8 Å². The van der Waals surface area contributed by atoms with Crippen LogP contribution in [0.5, 0.6) is 0 Å². The number of nitrogens with zero attached hydrogens (tertiary/aromatic N) is 1. The Bertz CT molecular complexity index is 700. The summed E-state index contributed by atoms with van der Waals surface area (Å²) in [5.74, 6) is -0.258. The summed E-state index contributed by atoms with van der Waals surface area (Å²) in [5, 5.41) is 0. The second-order valence-corrected chi connectivity index (χ2v) is 8.09. The fourth-order valence-corrected chi connectivity index (χ4v) is 4.27. The Labute approximate surface area is 174 Å². The number of rotatable bonds is 8. The molecule has 3 rings (SSSR count). The van der Waals surface area contributed by atoms with Crippen molar-refractivity contribution in [2.75, 3.05) is 13.2 Å². The van der Waals surface area contributed by atoms with Crippen LogP contribution in [0, 0.1) is 0 Å². The zero-order valence-electron chi connectivity index (χ0n) is 17.8. The molecule has 1 fully saturated rings. The minimum absolute atomic E-state index is 0.188. The van der Waals surface area contributed by atoms with Gasteiger partial charge in [-0.15, -0.1) is 0 Å². The minimum Gasteiger partial charge on any atom is -0.459 e. The molecule has 0 amide bonds. The predicted octanol–water partition coefficient (Wildman–Crippen LogP) is 4.99.